The Labute approximate surface area is 202 Å². The van der Waals surface area contributed by atoms with Gasteiger partial charge in [0.2, 0.25) is 5.91 Å². The second-order valence-electron chi connectivity index (χ2n) is 7.60. The number of carbonyl (C=O) groups is 2. The predicted octanol–water partition coefficient (Wildman–Crippen LogP) is 4.94. The molecule has 0 aliphatic carbocycles. The number of aromatic nitrogens is 1. The average molecular weight is 472 g/mol. The van der Waals surface area contributed by atoms with Crippen LogP contribution in [-0.4, -0.2) is 30.5 Å². The van der Waals surface area contributed by atoms with E-state index in [1.807, 2.05) is 36.4 Å². The Balaban J connectivity index is 1.26. The second-order valence-corrected chi connectivity index (χ2v) is 7.60. The van der Waals surface area contributed by atoms with Crippen molar-refractivity contribution in [2.75, 3.05) is 24.4 Å². The number of carbonyl (C=O) groups excluding carboxylic acids is 2. The summed E-state index contributed by atoms with van der Waals surface area (Å²) in [6.45, 7) is -0.182. The number of anilines is 2. The van der Waals surface area contributed by atoms with Crippen LogP contribution in [0.4, 0.5) is 11.4 Å². The lowest BCUT2D eigenvalue weighted by molar-refractivity contribution is -0.118. The van der Waals surface area contributed by atoms with Crippen molar-refractivity contribution in [2.24, 2.45) is 0 Å². The Kier molecular flexibility index (Phi) is 7.75. The van der Waals surface area contributed by atoms with E-state index >= 15 is 0 Å². The van der Waals surface area contributed by atoms with Gasteiger partial charge in [-0.3, -0.25) is 9.59 Å². The molecule has 0 aliphatic rings. The number of benzene rings is 3. The molecule has 3 aromatic carbocycles. The minimum absolute atomic E-state index is 0.182. The Morgan fingerprint density at radius 2 is 1.54 bits per heavy atom. The number of amides is 2. The molecule has 1 aromatic heterocycles. The molecule has 8 heteroatoms. The van der Waals surface area contributed by atoms with E-state index in [4.69, 9.17) is 13.9 Å². The highest BCUT2D eigenvalue weighted by Crippen LogP contribution is 2.26. The van der Waals surface area contributed by atoms with E-state index in [1.165, 1.54) is 7.11 Å². The van der Waals surface area contributed by atoms with Crippen LogP contribution in [-0.2, 0) is 16.0 Å². The average Bonchev–Trinajstić information content (AvgIpc) is 3.36. The molecule has 0 spiro atoms. The number of hydrogen-bond acceptors (Lipinski definition) is 6. The van der Waals surface area contributed by atoms with Crippen LogP contribution in [0.3, 0.4) is 0 Å². The first kappa shape index (κ1) is 23.6. The number of hydrogen-bond donors (Lipinski definition) is 2. The summed E-state index contributed by atoms with van der Waals surface area (Å²) in [5, 5.41) is 5.59. The van der Waals surface area contributed by atoms with E-state index < -0.39 is 0 Å². The number of nitrogens with one attached hydrogen (secondary N) is 2. The molecule has 35 heavy (non-hydrogen) atoms. The monoisotopic (exact) mass is 471 g/mol. The van der Waals surface area contributed by atoms with Crippen molar-refractivity contribution in [3.05, 3.63) is 91.0 Å². The van der Waals surface area contributed by atoms with Gasteiger partial charge in [0.15, 0.2) is 29.8 Å². The van der Waals surface area contributed by atoms with E-state index in [2.05, 4.69) is 15.6 Å². The molecule has 8 nitrogen and oxygen atoms in total. The van der Waals surface area contributed by atoms with Crippen molar-refractivity contribution in [3.8, 4) is 22.8 Å². The molecule has 0 saturated heterocycles. The Hall–Kier alpha value is -4.59. The van der Waals surface area contributed by atoms with Crippen molar-refractivity contribution in [1.82, 2.24) is 4.98 Å². The maximum Gasteiger partial charge on any atom is 0.262 e. The lowest BCUT2D eigenvalue weighted by Gasteiger charge is -2.11. The summed E-state index contributed by atoms with van der Waals surface area (Å²) in [6.07, 6.45) is 2.24. The molecule has 2 N–H and O–H groups in total. The van der Waals surface area contributed by atoms with Gasteiger partial charge >= 0.3 is 0 Å². The van der Waals surface area contributed by atoms with E-state index in [0.29, 0.717) is 40.9 Å². The van der Waals surface area contributed by atoms with Crippen LogP contribution in [0.5, 0.6) is 11.5 Å². The second kappa shape index (κ2) is 11.5. The molecule has 0 unspecified atom stereocenters. The molecular formula is C27H25N3O5. The van der Waals surface area contributed by atoms with Crippen LogP contribution < -0.4 is 20.1 Å². The van der Waals surface area contributed by atoms with Gasteiger partial charge in [-0.15, -0.1) is 0 Å². The smallest absolute Gasteiger partial charge is 0.262 e. The van der Waals surface area contributed by atoms with Gasteiger partial charge in [0, 0.05) is 29.8 Å². The molecule has 0 saturated carbocycles. The SMILES string of the molecule is COc1ccccc1OCC(=O)Nc1cccc(NC(=O)CCc2ncc(-c3ccccc3)o2)c1. The molecule has 0 atom stereocenters. The lowest BCUT2D eigenvalue weighted by Crippen LogP contribution is -2.20. The topological polar surface area (TPSA) is 103 Å². The van der Waals surface area contributed by atoms with E-state index in [-0.39, 0.29) is 24.8 Å². The highest BCUT2D eigenvalue weighted by molar-refractivity contribution is 5.94. The van der Waals surface area contributed by atoms with Crippen molar-refractivity contribution < 1.29 is 23.5 Å². The number of rotatable bonds is 10. The highest BCUT2D eigenvalue weighted by Gasteiger charge is 2.11. The number of aryl methyl sites for hydroxylation is 1. The standard InChI is InChI=1S/C27H25N3O5/c1-33-22-12-5-6-13-23(22)34-18-26(32)30-21-11-7-10-20(16-21)29-25(31)14-15-27-28-17-24(35-27)19-8-3-2-4-9-19/h2-13,16-17H,14-15,18H2,1H3,(H,29,31)(H,30,32). The maximum absolute atomic E-state index is 12.4. The van der Waals surface area contributed by atoms with Crippen molar-refractivity contribution in [2.45, 2.75) is 12.8 Å². The summed E-state index contributed by atoms with van der Waals surface area (Å²) >= 11 is 0. The van der Waals surface area contributed by atoms with Gasteiger partial charge < -0.3 is 24.5 Å². The summed E-state index contributed by atoms with van der Waals surface area (Å²) in [5.74, 6) is 1.67. The quantitative estimate of drug-likeness (QED) is 0.340. The fourth-order valence-corrected chi connectivity index (χ4v) is 3.36. The summed E-state index contributed by atoms with van der Waals surface area (Å²) < 4.78 is 16.5. The Bertz CT molecular complexity index is 1290. The number of ether oxygens (including phenoxy) is 2. The number of para-hydroxylation sites is 2. The molecule has 4 aromatic rings. The first-order valence-corrected chi connectivity index (χ1v) is 11.1. The summed E-state index contributed by atoms with van der Waals surface area (Å²) in [7, 11) is 1.54. The summed E-state index contributed by atoms with van der Waals surface area (Å²) in [6, 6.07) is 23.7. The molecular weight excluding hydrogens is 446 g/mol. The zero-order valence-corrected chi connectivity index (χ0v) is 19.2. The number of nitrogens with zero attached hydrogens (tertiary/aromatic N) is 1. The van der Waals surface area contributed by atoms with Crippen LogP contribution in [0.2, 0.25) is 0 Å². The molecule has 0 bridgehead atoms. The van der Waals surface area contributed by atoms with Crippen LogP contribution in [0.15, 0.2) is 89.5 Å². The zero-order valence-electron chi connectivity index (χ0n) is 19.2. The van der Waals surface area contributed by atoms with E-state index in [9.17, 15) is 9.59 Å². The predicted molar refractivity (Wildman–Crippen MR) is 132 cm³/mol. The fourth-order valence-electron chi connectivity index (χ4n) is 3.36. The first-order valence-electron chi connectivity index (χ1n) is 11.1. The summed E-state index contributed by atoms with van der Waals surface area (Å²) in [4.78, 5) is 29.0. The number of methoxy groups -OCH3 is 1. The van der Waals surface area contributed by atoms with Crippen LogP contribution in [0.1, 0.15) is 12.3 Å². The molecule has 178 valence electrons. The van der Waals surface area contributed by atoms with Gasteiger partial charge in [-0.05, 0) is 30.3 Å². The Morgan fingerprint density at radius 1 is 0.857 bits per heavy atom. The van der Waals surface area contributed by atoms with Gasteiger partial charge in [0.25, 0.3) is 5.91 Å². The van der Waals surface area contributed by atoms with Gasteiger partial charge in [-0.25, -0.2) is 4.98 Å². The highest BCUT2D eigenvalue weighted by atomic mass is 16.5. The van der Waals surface area contributed by atoms with Crippen molar-refractivity contribution in [1.29, 1.82) is 0 Å². The first-order chi connectivity index (χ1) is 17.1. The van der Waals surface area contributed by atoms with Gasteiger partial charge in [-0.1, -0.05) is 48.5 Å². The third kappa shape index (κ3) is 6.70. The van der Waals surface area contributed by atoms with Crippen LogP contribution in [0.25, 0.3) is 11.3 Å². The minimum atomic E-state index is -0.336. The van der Waals surface area contributed by atoms with E-state index in [1.54, 1.807) is 48.7 Å². The minimum Gasteiger partial charge on any atom is -0.493 e. The number of oxazole rings is 1. The molecule has 1 heterocycles. The third-order valence-electron chi connectivity index (χ3n) is 5.04. The van der Waals surface area contributed by atoms with E-state index in [0.717, 1.165) is 5.56 Å². The van der Waals surface area contributed by atoms with Crippen molar-refractivity contribution >= 4 is 23.2 Å². The maximum atomic E-state index is 12.4. The molecule has 0 fully saturated rings. The largest absolute Gasteiger partial charge is 0.493 e. The lowest BCUT2D eigenvalue weighted by atomic mass is 10.2. The van der Waals surface area contributed by atoms with Crippen LogP contribution >= 0.6 is 0 Å². The van der Waals surface area contributed by atoms with Gasteiger partial charge in [-0.2, -0.15) is 0 Å². The zero-order chi connectivity index (χ0) is 24.5. The summed E-state index contributed by atoms with van der Waals surface area (Å²) in [5.41, 5.74) is 2.04. The Morgan fingerprint density at radius 3 is 2.29 bits per heavy atom. The third-order valence-corrected chi connectivity index (χ3v) is 5.04. The van der Waals surface area contributed by atoms with Crippen LogP contribution in [0, 0.1) is 0 Å². The fraction of sp³-hybridized carbons (Fsp3) is 0.148. The molecule has 0 aliphatic heterocycles. The molecule has 2 amide bonds. The molecule has 4 rings (SSSR count). The normalized spacial score (nSPS) is 10.4. The van der Waals surface area contributed by atoms with Gasteiger partial charge in [0.1, 0.15) is 0 Å². The van der Waals surface area contributed by atoms with Gasteiger partial charge in [0.05, 0.1) is 13.3 Å². The molecule has 0 radical (unpaired) electrons. The van der Waals surface area contributed by atoms with Crippen molar-refractivity contribution in [3.63, 3.8) is 0 Å².